The normalized spacial score (nSPS) is 19.1. The Hall–Kier alpha value is -2.12. The lowest BCUT2D eigenvalue weighted by atomic mass is 10.1. The lowest BCUT2D eigenvalue weighted by molar-refractivity contribution is 0.248. The first-order valence-electron chi connectivity index (χ1n) is 6.98. The number of rotatable bonds is 3. The van der Waals surface area contributed by atoms with Crippen molar-refractivity contribution in [3.63, 3.8) is 0 Å². The summed E-state index contributed by atoms with van der Waals surface area (Å²) in [7, 11) is 1.95. The van der Waals surface area contributed by atoms with E-state index >= 15 is 0 Å². The zero-order valence-electron chi connectivity index (χ0n) is 11.7. The molecule has 102 valence electrons. The first kappa shape index (κ1) is 12.9. The van der Waals surface area contributed by atoms with Gasteiger partial charge in [-0.15, -0.1) is 0 Å². The van der Waals surface area contributed by atoms with E-state index in [1.165, 1.54) is 18.4 Å². The molecule has 1 unspecified atom stereocenters. The van der Waals surface area contributed by atoms with Crippen LogP contribution in [0.25, 0.3) is 0 Å². The molecule has 1 saturated heterocycles. The summed E-state index contributed by atoms with van der Waals surface area (Å²) in [6, 6.07) is 10.6. The van der Waals surface area contributed by atoms with E-state index in [2.05, 4.69) is 28.3 Å². The lowest BCUT2D eigenvalue weighted by Gasteiger charge is -2.24. The number of aryl methyl sites for hydroxylation is 1. The quantitative estimate of drug-likeness (QED) is 0.858. The molecule has 4 nitrogen and oxygen atoms in total. The average molecular weight is 266 g/mol. The Kier molecular flexibility index (Phi) is 3.53. The van der Waals surface area contributed by atoms with Crippen molar-refractivity contribution in [3.8, 4) is 6.07 Å². The van der Waals surface area contributed by atoms with Crippen LogP contribution in [0.3, 0.4) is 0 Å². The van der Waals surface area contributed by atoms with E-state index in [4.69, 9.17) is 0 Å². The minimum Gasteiger partial charge on any atom is -0.292 e. The molecule has 0 N–H and O–H groups in total. The zero-order valence-corrected chi connectivity index (χ0v) is 11.7. The van der Waals surface area contributed by atoms with E-state index in [-0.39, 0.29) is 0 Å². The summed E-state index contributed by atoms with van der Waals surface area (Å²) in [5.74, 6) is 0. The third-order valence-electron chi connectivity index (χ3n) is 3.98. The maximum atomic E-state index is 9.20. The second-order valence-electron chi connectivity index (χ2n) is 5.34. The van der Waals surface area contributed by atoms with Gasteiger partial charge >= 0.3 is 0 Å². The molecule has 1 fully saturated rings. The van der Waals surface area contributed by atoms with E-state index in [1.807, 2.05) is 36.1 Å². The van der Waals surface area contributed by atoms with Gasteiger partial charge in [-0.25, -0.2) is 0 Å². The first-order valence-corrected chi connectivity index (χ1v) is 6.98. The average Bonchev–Trinajstić information content (AvgIpc) is 3.08. The van der Waals surface area contributed by atoms with Crippen LogP contribution in [0.4, 0.5) is 0 Å². The van der Waals surface area contributed by atoms with Crippen LogP contribution in [0.1, 0.15) is 35.6 Å². The van der Waals surface area contributed by atoms with Crippen LogP contribution in [0.5, 0.6) is 0 Å². The van der Waals surface area contributed by atoms with E-state index in [0.717, 1.165) is 24.2 Å². The maximum absolute atomic E-state index is 9.20. The number of aromatic nitrogens is 2. The van der Waals surface area contributed by atoms with Gasteiger partial charge in [-0.1, -0.05) is 18.2 Å². The minimum absolute atomic E-state index is 0.426. The molecule has 1 aromatic heterocycles. The molecule has 0 saturated carbocycles. The van der Waals surface area contributed by atoms with Gasteiger partial charge in [0, 0.05) is 31.4 Å². The van der Waals surface area contributed by atoms with Crippen molar-refractivity contribution < 1.29 is 0 Å². The molecule has 0 aliphatic carbocycles. The molecule has 2 heterocycles. The monoisotopic (exact) mass is 266 g/mol. The van der Waals surface area contributed by atoms with E-state index < -0.39 is 0 Å². The SMILES string of the molecule is Cn1cc(C2CCCN2Cc2ccccc2C#N)cn1. The molecule has 1 aliphatic rings. The molecule has 1 aliphatic heterocycles. The summed E-state index contributed by atoms with van der Waals surface area (Å²) < 4.78 is 1.86. The van der Waals surface area contributed by atoms with Crippen molar-refractivity contribution in [1.29, 1.82) is 5.26 Å². The highest BCUT2D eigenvalue weighted by Crippen LogP contribution is 2.33. The van der Waals surface area contributed by atoms with Gasteiger partial charge in [0.15, 0.2) is 0 Å². The Balaban J connectivity index is 1.81. The number of nitrogens with zero attached hydrogens (tertiary/aromatic N) is 4. The van der Waals surface area contributed by atoms with Gasteiger partial charge in [0.05, 0.1) is 17.8 Å². The van der Waals surface area contributed by atoms with Crippen molar-refractivity contribution >= 4 is 0 Å². The fourth-order valence-electron chi connectivity index (χ4n) is 2.99. The van der Waals surface area contributed by atoms with Crippen molar-refractivity contribution in [3.05, 3.63) is 53.3 Å². The van der Waals surface area contributed by atoms with Gasteiger partial charge in [-0.3, -0.25) is 9.58 Å². The molecule has 1 atom stereocenters. The molecule has 0 bridgehead atoms. The molecule has 0 radical (unpaired) electrons. The number of likely N-dealkylation sites (tertiary alicyclic amines) is 1. The highest BCUT2D eigenvalue weighted by molar-refractivity contribution is 5.37. The maximum Gasteiger partial charge on any atom is 0.0995 e. The first-order chi connectivity index (χ1) is 9.78. The van der Waals surface area contributed by atoms with Crippen LogP contribution in [-0.2, 0) is 13.6 Å². The highest BCUT2D eigenvalue weighted by Gasteiger charge is 2.27. The lowest BCUT2D eigenvalue weighted by Crippen LogP contribution is -2.23. The van der Waals surface area contributed by atoms with E-state index in [9.17, 15) is 5.26 Å². The van der Waals surface area contributed by atoms with Crippen LogP contribution < -0.4 is 0 Å². The molecule has 3 rings (SSSR count). The summed E-state index contributed by atoms with van der Waals surface area (Å²) in [6.45, 7) is 1.92. The van der Waals surface area contributed by atoms with Gasteiger partial charge < -0.3 is 0 Å². The molecule has 0 amide bonds. The standard InChI is InChI=1S/C16H18N4/c1-19-11-15(10-18-19)16-7-4-8-20(16)12-14-6-3-2-5-13(14)9-17/h2-3,5-6,10-11,16H,4,7-8,12H2,1H3. The van der Waals surface area contributed by atoms with Gasteiger partial charge in [-0.05, 0) is 31.0 Å². The largest absolute Gasteiger partial charge is 0.292 e. The molecule has 20 heavy (non-hydrogen) atoms. The summed E-state index contributed by atoms with van der Waals surface area (Å²) in [5, 5.41) is 13.5. The van der Waals surface area contributed by atoms with Gasteiger partial charge in [0.25, 0.3) is 0 Å². The summed E-state index contributed by atoms with van der Waals surface area (Å²) in [5.41, 5.74) is 3.18. The van der Waals surface area contributed by atoms with Crippen LogP contribution in [-0.4, -0.2) is 21.2 Å². The van der Waals surface area contributed by atoms with Crippen molar-refractivity contribution in [2.45, 2.75) is 25.4 Å². The smallest absolute Gasteiger partial charge is 0.0995 e. The fraction of sp³-hybridized carbons (Fsp3) is 0.375. The van der Waals surface area contributed by atoms with Gasteiger partial charge in [0.1, 0.15) is 0 Å². The van der Waals surface area contributed by atoms with Gasteiger partial charge in [0.2, 0.25) is 0 Å². The fourth-order valence-corrected chi connectivity index (χ4v) is 2.99. The number of benzene rings is 1. The number of hydrogen-bond acceptors (Lipinski definition) is 3. The Morgan fingerprint density at radius 1 is 1.40 bits per heavy atom. The minimum atomic E-state index is 0.426. The van der Waals surface area contributed by atoms with Crippen LogP contribution in [0.2, 0.25) is 0 Å². The Labute approximate surface area is 119 Å². The van der Waals surface area contributed by atoms with Crippen molar-refractivity contribution in [1.82, 2.24) is 14.7 Å². The molecule has 4 heteroatoms. The predicted molar refractivity (Wildman–Crippen MR) is 76.8 cm³/mol. The van der Waals surface area contributed by atoms with Crippen LogP contribution in [0.15, 0.2) is 36.7 Å². The summed E-state index contributed by atoms with van der Waals surface area (Å²) in [6.07, 6.45) is 6.42. The predicted octanol–water partition coefficient (Wildman–Crippen LogP) is 2.63. The Morgan fingerprint density at radius 3 is 3.00 bits per heavy atom. The summed E-state index contributed by atoms with van der Waals surface area (Å²) >= 11 is 0. The molecular weight excluding hydrogens is 248 g/mol. The molecule has 2 aromatic rings. The molecular formula is C16H18N4. The third kappa shape index (κ3) is 2.45. The highest BCUT2D eigenvalue weighted by atomic mass is 15.3. The van der Waals surface area contributed by atoms with Gasteiger partial charge in [-0.2, -0.15) is 10.4 Å². The Bertz CT molecular complexity index is 638. The third-order valence-corrected chi connectivity index (χ3v) is 3.98. The van der Waals surface area contributed by atoms with E-state index in [0.29, 0.717) is 6.04 Å². The summed E-state index contributed by atoms with van der Waals surface area (Å²) in [4.78, 5) is 2.45. The second kappa shape index (κ2) is 5.48. The van der Waals surface area contributed by atoms with Crippen molar-refractivity contribution in [2.75, 3.05) is 6.54 Å². The zero-order chi connectivity index (χ0) is 13.9. The topological polar surface area (TPSA) is 44.9 Å². The van der Waals surface area contributed by atoms with E-state index in [1.54, 1.807) is 0 Å². The number of nitriles is 1. The number of hydrogen-bond donors (Lipinski definition) is 0. The molecule has 1 aromatic carbocycles. The van der Waals surface area contributed by atoms with Crippen LogP contribution in [0, 0.1) is 11.3 Å². The Morgan fingerprint density at radius 2 is 2.25 bits per heavy atom. The second-order valence-corrected chi connectivity index (χ2v) is 5.34. The molecule has 0 spiro atoms. The van der Waals surface area contributed by atoms with Crippen LogP contribution >= 0.6 is 0 Å². The van der Waals surface area contributed by atoms with Crippen molar-refractivity contribution in [2.24, 2.45) is 7.05 Å².